The molecule has 1 fully saturated rings. The Morgan fingerprint density at radius 1 is 1.21 bits per heavy atom. The van der Waals surface area contributed by atoms with Gasteiger partial charge < -0.3 is 18.9 Å². The molecular formula is C26H33NO6. The molecule has 1 aromatic carbocycles. The van der Waals surface area contributed by atoms with Gasteiger partial charge in [-0.2, -0.15) is 0 Å². The van der Waals surface area contributed by atoms with Crippen molar-refractivity contribution in [1.29, 1.82) is 0 Å². The largest absolute Gasteiger partial charge is 0.497 e. The lowest BCUT2D eigenvalue weighted by Gasteiger charge is -2.35. The van der Waals surface area contributed by atoms with Gasteiger partial charge in [0, 0.05) is 24.7 Å². The van der Waals surface area contributed by atoms with Crippen LogP contribution in [0.15, 0.2) is 48.1 Å². The number of fused-ring (bicyclic) bond motifs is 1. The van der Waals surface area contributed by atoms with Gasteiger partial charge in [-0.05, 0) is 57.7 Å². The third kappa shape index (κ3) is 4.93. The van der Waals surface area contributed by atoms with Crippen LogP contribution in [0.1, 0.15) is 52.0 Å². The Kier molecular flexibility index (Phi) is 6.52. The Labute approximate surface area is 195 Å². The third-order valence-corrected chi connectivity index (χ3v) is 6.33. The zero-order valence-corrected chi connectivity index (χ0v) is 19.8. The van der Waals surface area contributed by atoms with E-state index in [9.17, 15) is 9.59 Å². The van der Waals surface area contributed by atoms with Crippen molar-refractivity contribution >= 4 is 12.1 Å². The molecule has 0 N–H and O–H groups in total. The van der Waals surface area contributed by atoms with Gasteiger partial charge in [0.2, 0.25) is 0 Å². The fourth-order valence-electron chi connectivity index (χ4n) is 4.91. The average molecular weight is 456 g/mol. The van der Waals surface area contributed by atoms with Crippen molar-refractivity contribution in [2.24, 2.45) is 0 Å². The second-order valence-corrected chi connectivity index (χ2v) is 9.84. The van der Waals surface area contributed by atoms with Crippen LogP contribution in [0.25, 0.3) is 0 Å². The first-order valence-corrected chi connectivity index (χ1v) is 11.6. The number of hydrogen-bond donors (Lipinski definition) is 0. The summed E-state index contributed by atoms with van der Waals surface area (Å²) in [6.45, 7) is 6.73. The zero-order valence-electron chi connectivity index (χ0n) is 19.8. The van der Waals surface area contributed by atoms with Crippen LogP contribution < -0.4 is 4.74 Å². The van der Waals surface area contributed by atoms with E-state index in [1.807, 2.05) is 57.2 Å². The Hall–Kier alpha value is -2.80. The molecule has 0 radical (unpaired) electrons. The first-order valence-electron chi connectivity index (χ1n) is 11.6. The summed E-state index contributed by atoms with van der Waals surface area (Å²) in [7, 11) is 1.65. The number of nitrogens with zero attached hydrogens (tertiary/aromatic N) is 1. The molecule has 2 aliphatic heterocycles. The molecule has 0 aromatic heterocycles. The van der Waals surface area contributed by atoms with Crippen LogP contribution in [0.3, 0.4) is 0 Å². The highest BCUT2D eigenvalue weighted by atomic mass is 16.6. The molecule has 7 nitrogen and oxygen atoms in total. The summed E-state index contributed by atoms with van der Waals surface area (Å²) in [6.07, 6.45) is 8.06. The smallest absolute Gasteiger partial charge is 0.411 e. The molecule has 4 rings (SSSR count). The Balaban J connectivity index is 1.36. The summed E-state index contributed by atoms with van der Waals surface area (Å²) in [6, 6.07) is 7.42. The van der Waals surface area contributed by atoms with Crippen molar-refractivity contribution in [3.05, 3.63) is 53.6 Å². The van der Waals surface area contributed by atoms with Crippen molar-refractivity contribution in [3.63, 3.8) is 0 Å². The van der Waals surface area contributed by atoms with Gasteiger partial charge in [-0.1, -0.05) is 24.3 Å². The highest BCUT2D eigenvalue weighted by molar-refractivity contribution is 5.89. The van der Waals surface area contributed by atoms with Gasteiger partial charge >= 0.3 is 12.1 Å². The second-order valence-electron chi connectivity index (χ2n) is 9.84. The molecule has 7 heteroatoms. The SMILES string of the molecule is COc1ccc(COCCCC[C@@H]2N(C(=O)OC(C)(C)C)C3C=CC4=CC(=O)O[C@@]42C3)cc1. The predicted molar refractivity (Wildman–Crippen MR) is 123 cm³/mol. The van der Waals surface area contributed by atoms with Gasteiger partial charge in [0.25, 0.3) is 0 Å². The molecule has 1 aliphatic carbocycles. The van der Waals surface area contributed by atoms with E-state index in [4.69, 9.17) is 18.9 Å². The van der Waals surface area contributed by atoms with Crippen molar-refractivity contribution in [1.82, 2.24) is 4.90 Å². The van der Waals surface area contributed by atoms with Gasteiger partial charge in [0.15, 0.2) is 5.60 Å². The topological polar surface area (TPSA) is 74.3 Å². The maximum absolute atomic E-state index is 13.1. The molecule has 1 aromatic rings. The number of methoxy groups -OCH3 is 1. The number of rotatable bonds is 8. The molecule has 3 aliphatic rings. The van der Waals surface area contributed by atoms with Gasteiger partial charge in [0.05, 0.1) is 25.8 Å². The van der Waals surface area contributed by atoms with E-state index in [0.29, 0.717) is 26.1 Å². The van der Waals surface area contributed by atoms with Crippen LogP contribution in [-0.4, -0.2) is 54.0 Å². The van der Waals surface area contributed by atoms with Crippen molar-refractivity contribution in [2.45, 2.75) is 76.3 Å². The van der Waals surface area contributed by atoms with Gasteiger partial charge in [-0.25, -0.2) is 9.59 Å². The fourth-order valence-corrected chi connectivity index (χ4v) is 4.91. The number of benzene rings is 1. The predicted octanol–water partition coefficient (Wildman–Crippen LogP) is 4.55. The van der Waals surface area contributed by atoms with Gasteiger partial charge in [-0.3, -0.25) is 4.90 Å². The fraction of sp³-hybridized carbons (Fsp3) is 0.538. The molecule has 2 heterocycles. The van der Waals surface area contributed by atoms with Crippen molar-refractivity contribution < 1.29 is 28.5 Å². The highest BCUT2D eigenvalue weighted by Crippen LogP contribution is 2.50. The first-order chi connectivity index (χ1) is 15.7. The minimum absolute atomic E-state index is 0.140. The van der Waals surface area contributed by atoms with Crippen LogP contribution in [0, 0.1) is 0 Å². The third-order valence-electron chi connectivity index (χ3n) is 6.33. The molecule has 1 unspecified atom stereocenters. The molecule has 1 saturated heterocycles. The van der Waals surface area contributed by atoms with E-state index in [-0.39, 0.29) is 24.1 Å². The summed E-state index contributed by atoms with van der Waals surface area (Å²) in [5, 5.41) is 0. The summed E-state index contributed by atoms with van der Waals surface area (Å²) < 4.78 is 22.6. The quantitative estimate of drug-likeness (QED) is 0.423. The van der Waals surface area contributed by atoms with Crippen molar-refractivity contribution in [2.75, 3.05) is 13.7 Å². The number of esters is 1. The molecule has 1 amide bonds. The Morgan fingerprint density at radius 3 is 2.67 bits per heavy atom. The van der Waals surface area contributed by atoms with E-state index in [0.717, 1.165) is 29.7 Å². The lowest BCUT2D eigenvalue weighted by atomic mass is 9.81. The summed E-state index contributed by atoms with van der Waals surface area (Å²) >= 11 is 0. The number of unbranched alkanes of at least 4 members (excludes halogenated alkanes) is 1. The molecule has 0 saturated carbocycles. The lowest BCUT2D eigenvalue weighted by Crippen LogP contribution is -2.49. The van der Waals surface area contributed by atoms with Crippen LogP contribution in [-0.2, 0) is 25.6 Å². The van der Waals surface area contributed by atoms with E-state index in [1.165, 1.54) is 0 Å². The zero-order chi connectivity index (χ0) is 23.6. The molecule has 1 spiro atoms. The van der Waals surface area contributed by atoms with E-state index in [1.54, 1.807) is 18.1 Å². The van der Waals surface area contributed by atoms with Gasteiger partial charge in [0.1, 0.15) is 11.4 Å². The number of amides is 1. The molecule has 33 heavy (non-hydrogen) atoms. The lowest BCUT2D eigenvalue weighted by molar-refractivity contribution is -0.148. The highest BCUT2D eigenvalue weighted by Gasteiger charge is 2.61. The van der Waals surface area contributed by atoms with Crippen LogP contribution in [0.4, 0.5) is 4.79 Å². The minimum atomic E-state index is -0.767. The maximum atomic E-state index is 13.1. The van der Waals surface area contributed by atoms with Gasteiger partial charge in [-0.15, -0.1) is 0 Å². The van der Waals surface area contributed by atoms with E-state index < -0.39 is 11.2 Å². The van der Waals surface area contributed by atoms with Crippen LogP contribution >= 0.6 is 0 Å². The summed E-state index contributed by atoms with van der Waals surface area (Å²) in [5.41, 5.74) is 0.585. The van der Waals surface area contributed by atoms with Crippen LogP contribution in [0.2, 0.25) is 0 Å². The average Bonchev–Trinajstić information content (AvgIpc) is 3.22. The van der Waals surface area contributed by atoms with Crippen molar-refractivity contribution in [3.8, 4) is 5.75 Å². The molecule has 2 bridgehead atoms. The monoisotopic (exact) mass is 455 g/mol. The second kappa shape index (κ2) is 9.21. The number of carbonyl (C=O) groups excluding carboxylic acids is 2. The summed E-state index contributed by atoms with van der Waals surface area (Å²) in [4.78, 5) is 27.0. The Bertz CT molecular complexity index is 945. The number of ether oxygens (including phenoxy) is 4. The molecule has 178 valence electrons. The number of carbonyl (C=O) groups is 2. The number of likely N-dealkylation sites (tertiary alicyclic amines) is 1. The summed E-state index contributed by atoms with van der Waals surface area (Å²) in [5.74, 6) is 0.485. The Morgan fingerprint density at radius 2 is 1.97 bits per heavy atom. The molecule has 3 atom stereocenters. The minimum Gasteiger partial charge on any atom is -0.497 e. The van der Waals surface area contributed by atoms with E-state index >= 15 is 0 Å². The van der Waals surface area contributed by atoms with Crippen LogP contribution in [0.5, 0.6) is 5.75 Å². The van der Waals surface area contributed by atoms with E-state index in [2.05, 4.69) is 0 Å². The molecular weight excluding hydrogens is 422 g/mol. The first kappa shape index (κ1) is 23.4. The number of hydrogen-bond acceptors (Lipinski definition) is 6. The maximum Gasteiger partial charge on any atom is 0.411 e. The standard InChI is InChI=1S/C26H33NO6/c1-25(2,3)33-24(29)27-20-11-10-19-15-23(28)32-26(19,16-20)22(27)7-5-6-14-31-17-18-8-12-21(30-4)13-9-18/h8-13,15,20,22H,5-7,14,16-17H2,1-4H3/t20?,22-,26-/m0/s1. The normalized spacial score (nSPS) is 25.5.